The highest BCUT2D eigenvalue weighted by molar-refractivity contribution is 5.81. The van der Waals surface area contributed by atoms with Gasteiger partial charge in [0.2, 0.25) is 5.91 Å². The molecule has 1 amide bonds. The summed E-state index contributed by atoms with van der Waals surface area (Å²) in [5, 5.41) is 8.87. The van der Waals surface area contributed by atoms with Crippen LogP contribution in [0.15, 0.2) is 24.3 Å². The third kappa shape index (κ3) is 5.45. The molecular formula is C16H23NO4. The summed E-state index contributed by atoms with van der Waals surface area (Å²) in [6, 6.07) is 7.59. The lowest BCUT2D eigenvalue weighted by Gasteiger charge is -2.22. The molecule has 1 N–H and O–H groups in total. The Balaban J connectivity index is 2.72. The second-order valence-electron chi connectivity index (χ2n) is 5.09. The van der Waals surface area contributed by atoms with Crippen molar-refractivity contribution in [2.75, 3.05) is 20.2 Å². The van der Waals surface area contributed by atoms with Crippen molar-refractivity contribution in [2.45, 2.75) is 32.6 Å². The second kappa shape index (κ2) is 8.29. The van der Waals surface area contributed by atoms with Gasteiger partial charge < -0.3 is 14.7 Å². The van der Waals surface area contributed by atoms with Gasteiger partial charge in [0.25, 0.3) is 0 Å². The average molecular weight is 293 g/mol. The summed E-state index contributed by atoms with van der Waals surface area (Å²) in [6.07, 6.45) is 1.03. The largest absolute Gasteiger partial charge is 0.497 e. The molecular weight excluding hydrogens is 270 g/mol. The molecule has 5 nitrogen and oxygen atoms in total. The molecule has 0 heterocycles. The van der Waals surface area contributed by atoms with Crippen molar-refractivity contribution in [3.8, 4) is 5.75 Å². The first-order chi connectivity index (χ1) is 9.97. The van der Waals surface area contributed by atoms with Gasteiger partial charge in [0, 0.05) is 13.0 Å². The van der Waals surface area contributed by atoms with E-state index in [-0.39, 0.29) is 18.4 Å². The van der Waals surface area contributed by atoms with E-state index in [0.29, 0.717) is 13.0 Å². The van der Waals surface area contributed by atoms with Gasteiger partial charge in [-0.2, -0.15) is 0 Å². The Labute approximate surface area is 125 Å². The van der Waals surface area contributed by atoms with Crippen LogP contribution >= 0.6 is 0 Å². The first-order valence-electron chi connectivity index (χ1n) is 7.11. The van der Waals surface area contributed by atoms with Crippen molar-refractivity contribution < 1.29 is 19.4 Å². The second-order valence-corrected chi connectivity index (χ2v) is 5.09. The van der Waals surface area contributed by atoms with E-state index in [1.807, 2.05) is 38.1 Å². The van der Waals surface area contributed by atoms with E-state index in [4.69, 9.17) is 9.84 Å². The van der Waals surface area contributed by atoms with Crippen LogP contribution in [0, 0.1) is 0 Å². The Morgan fingerprint density at radius 1 is 1.38 bits per heavy atom. The molecule has 1 rings (SSSR count). The zero-order valence-corrected chi connectivity index (χ0v) is 12.8. The maximum absolute atomic E-state index is 12.2. The highest BCUT2D eigenvalue weighted by Gasteiger charge is 2.19. The standard InChI is InChI=1S/C16H23NO4/c1-4-8-17(11-16(19)20)15(18)9-12(2)13-6-5-7-14(10-13)21-3/h5-7,10,12H,4,8-9,11H2,1-3H3,(H,19,20). The van der Waals surface area contributed by atoms with Crippen LogP contribution in [0.1, 0.15) is 38.2 Å². The highest BCUT2D eigenvalue weighted by atomic mass is 16.5. The van der Waals surface area contributed by atoms with E-state index >= 15 is 0 Å². The summed E-state index contributed by atoms with van der Waals surface area (Å²) in [7, 11) is 1.60. The average Bonchev–Trinajstić information content (AvgIpc) is 2.46. The molecule has 0 radical (unpaired) electrons. The van der Waals surface area contributed by atoms with Crippen LogP contribution in [0.2, 0.25) is 0 Å². The van der Waals surface area contributed by atoms with Gasteiger partial charge in [0.05, 0.1) is 7.11 Å². The molecule has 1 unspecified atom stereocenters. The molecule has 0 aliphatic carbocycles. The number of hydrogen-bond donors (Lipinski definition) is 1. The van der Waals surface area contributed by atoms with Crippen molar-refractivity contribution in [3.63, 3.8) is 0 Å². The third-order valence-electron chi connectivity index (χ3n) is 3.32. The predicted octanol–water partition coefficient (Wildman–Crippen LogP) is 2.51. The van der Waals surface area contributed by atoms with Crippen molar-refractivity contribution in [1.82, 2.24) is 4.90 Å². The lowest BCUT2D eigenvalue weighted by molar-refractivity contribution is -0.144. The van der Waals surface area contributed by atoms with E-state index in [1.54, 1.807) is 7.11 Å². The van der Waals surface area contributed by atoms with Crippen molar-refractivity contribution >= 4 is 11.9 Å². The number of hydrogen-bond acceptors (Lipinski definition) is 3. The number of carbonyl (C=O) groups excluding carboxylic acids is 1. The van der Waals surface area contributed by atoms with Crippen LogP contribution in [-0.4, -0.2) is 42.1 Å². The maximum Gasteiger partial charge on any atom is 0.323 e. The Morgan fingerprint density at radius 3 is 2.67 bits per heavy atom. The molecule has 0 aromatic heterocycles. The Kier molecular flexibility index (Phi) is 6.72. The van der Waals surface area contributed by atoms with Crippen molar-refractivity contribution in [3.05, 3.63) is 29.8 Å². The van der Waals surface area contributed by atoms with E-state index in [2.05, 4.69) is 0 Å². The van der Waals surface area contributed by atoms with E-state index in [1.165, 1.54) is 4.90 Å². The van der Waals surface area contributed by atoms with Gasteiger partial charge in [0.1, 0.15) is 12.3 Å². The summed E-state index contributed by atoms with van der Waals surface area (Å²) in [6.45, 7) is 4.11. The molecule has 0 spiro atoms. The SMILES string of the molecule is CCCN(CC(=O)O)C(=O)CC(C)c1cccc(OC)c1. The molecule has 1 aromatic rings. The molecule has 0 fully saturated rings. The fourth-order valence-electron chi connectivity index (χ4n) is 2.18. The molecule has 5 heteroatoms. The number of benzene rings is 1. The zero-order valence-electron chi connectivity index (χ0n) is 12.8. The van der Waals surface area contributed by atoms with Crippen LogP contribution in [-0.2, 0) is 9.59 Å². The summed E-state index contributed by atoms with van der Waals surface area (Å²) in [5.74, 6) is -0.344. The lowest BCUT2D eigenvalue weighted by Crippen LogP contribution is -2.36. The number of carbonyl (C=O) groups is 2. The summed E-state index contributed by atoms with van der Waals surface area (Å²) in [4.78, 5) is 24.5. The van der Waals surface area contributed by atoms with Crippen LogP contribution in [0.5, 0.6) is 5.75 Å². The van der Waals surface area contributed by atoms with Gasteiger partial charge in [-0.25, -0.2) is 0 Å². The third-order valence-corrected chi connectivity index (χ3v) is 3.32. The minimum Gasteiger partial charge on any atom is -0.497 e. The molecule has 0 saturated heterocycles. The minimum absolute atomic E-state index is 0.0146. The number of ether oxygens (including phenoxy) is 1. The molecule has 116 valence electrons. The Hall–Kier alpha value is -2.04. The van der Waals surface area contributed by atoms with E-state index in [0.717, 1.165) is 17.7 Å². The van der Waals surface area contributed by atoms with Crippen LogP contribution in [0.25, 0.3) is 0 Å². The van der Waals surface area contributed by atoms with Gasteiger partial charge in [-0.1, -0.05) is 26.0 Å². The first-order valence-corrected chi connectivity index (χ1v) is 7.11. The van der Waals surface area contributed by atoms with Gasteiger partial charge in [-0.05, 0) is 30.0 Å². The number of rotatable bonds is 8. The predicted molar refractivity (Wildman–Crippen MR) is 80.5 cm³/mol. The van der Waals surface area contributed by atoms with E-state index in [9.17, 15) is 9.59 Å². The molecule has 0 saturated carbocycles. The molecule has 0 aliphatic rings. The summed E-state index contributed by atoms with van der Waals surface area (Å²) >= 11 is 0. The van der Waals surface area contributed by atoms with Crippen molar-refractivity contribution in [1.29, 1.82) is 0 Å². The minimum atomic E-state index is -0.981. The quantitative estimate of drug-likeness (QED) is 0.799. The topological polar surface area (TPSA) is 66.8 Å². The van der Waals surface area contributed by atoms with Gasteiger partial charge in [0.15, 0.2) is 0 Å². The van der Waals surface area contributed by atoms with Crippen LogP contribution in [0.3, 0.4) is 0 Å². The molecule has 21 heavy (non-hydrogen) atoms. The maximum atomic E-state index is 12.2. The molecule has 0 bridgehead atoms. The van der Waals surface area contributed by atoms with Crippen LogP contribution < -0.4 is 4.74 Å². The fraction of sp³-hybridized carbons (Fsp3) is 0.500. The first kappa shape index (κ1) is 17.0. The highest BCUT2D eigenvalue weighted by Crippen LogP contribution is 2.23. The fourth-order valence-corrected chi connectivity index (χ4v) is 2.18. The number of aliphatic carboxylic acids is 1. The number of carboxylic acid groups (broad SMARTS) is 1. The molecule has 0 aliphatic heterocycles. The molecule has 1 aromatic carbocycles. The number of methoxy groups -OCH3 is 1. The van der Waals surface area contributed by atoms with Gasteiger partial charge in [-0.15, -0.1) is 0 Å². The summed E-state index contributed by atoms with van der Waals surface area (Å²) in [5.41, 5.74) is 1.01. The zero-order chi connectivity index (χ0) is 15.8. The van der Waals surface area contributed by atoms with Gasteiger partial charge >= 0.3 is 5.97 Å². The van der Waals surface area contributed by atoms with E-state index < -0.39 is 5.97 Å². The van der Waals surface area contributed by atoms with Crippen molar-refractivity contribution in [2.24, 2.45) is 0 Å². The molecule has 1 atom stereocenters. The Bertz CT molecular complexity index is 487. The van der Waals surface area contributed by atoms with Crippen LogP contribution in [0.4, 0.5) is 0 Å². The monoisotopic (exact) mass is 293 g/mol. The summed E-state index contributed by atoms with van der Waals surface area (Å²) < 4.78 is 5.18. The number of nitrogens with zero attached hydrogens (tertiary/aromatic N) is 1. The number of carboxylic acids is 1. The smallest absolute Gasteiger partial charge is 0.323 e. The van der Waals surface area contributed by atoms with Gasteiger partial charge in [-0.3, -0.25) is 9.59 Å². The number of amides is 1. The lowest BCUT2D eigenvalue weighted by atomic mass is 9.97. The normalized spacial score (nSPS) is 11.8. The Morgan fingerprint density at radius 2 is 2.10 bits per heavy atom.